The molecule has 1 N–H and O–H groups in total. The molecule has 1 aromatic carbocycles. The van der Waals surface area contributed by atoms with Gasteiger partial charge in [-0.25, -0.2) is 0 Å². The van der Waals surface area contributed by atoms with Crippen molar-refractivity contribution in [2.24, 2.45) is 23.7 Å². The van der Waals surface area contributed by atoms with Crippen LogP contribution in [0.1, 0.15) is 37.7 Å². The molecule has 3 saturated carbocycles. The van der Waals surface area contributed by atoms with Gasteiger partial charge in [0, 0.05) is 11.7 Å². The van der Waals surface area contributed by atoms with E-state index >= 15 is 0 Å². The summed E-state index contributed by atoms with van der Waals surface area (Å²) < 4.78 is 0. The molecule has 104 valence electrons. The summed E-state index contributed by atoms with van der Waals surface area (Å²) in [7, 11) is 0. The first-order chi connectivity index (χ1) is 9.76. The van der Waals surface area contributed by atoms with Crippen molar-refractivity contribution < 1.29 is 0 Å². The molecule has 5 atom stereocenters. The van der Waals surface area contributed by atoms with Gasteiger partial charge in [-0.3, -0.25) is 0 Å². The molecule has 0 heterocycles. The third kappa shape index (κ3) is 1.84. The molecule has 3 aliphatic carbocycles. The number of anilines is 1. The van der Waals surface area contributed by atoms with Crippen molar-refractivity contribution in [3.63, 3.8) is 0 Å². The highest BCUT2D eigenvalue weighted by Crippen LogP contribution is 2.59. The van der Waals surface area contributed by atoms with Gasteiger partial charge in [-0.2, -0.15) is 5.26 Å². The minimum atomic E-state index is 0.555. The number of benzene rings is 1. The smallest absolute Gasteiger partial charge is 0.101 e. The van der Waals surface area contributed by atoms with Gasteiger partial charge in [0.15, 0.2) is 0 Å². The lowest BCUT2D eigenvalue weighted by Gasteiger charge is -2.32. The number of rotatable bonds is 2. The molecule has 2 bridgehead atoms. The van der Waals surface area contributed by atoms with Gasteiger partial charge in [0.05, 0.1) is 10.6 Å². The van der Waals surface area contributed by atoms with Crippen molar-refractivity contribution in [3.05, 3.63) is 28.8 Å². The van der Waals surface area contributed by atoms with Crippen LogP contribution in [-0.2, 0) is 0 Å². The number of nitriles is 1. The highest BCUT2D eigenvalue weighted by atomic mass is 35.5. The molecule has 3 aliphatic rings. The Bertz CT molecular complexity index is 577. The quantitative estimate of drug-likeness (QED) is 0.872. The van der Waals surface area contributed by atoms with Gasteiger partial charge >= 0.3 is 0 Å². The zero-order valence-electron chi connectivity index (χ0n) is 11.5. The van der Waals surface area contributed by atoms with Crippen molar-refractivity contribution in [1.82, 2.24) is 0 Å². The second-order valence-corrected chi connectivity index (χ2v) is 7.12. The predicted octanol–water partition coefficient (Wildman–Crippen LogP) is 4.45. The zero-order chi connectivity index (χ0) is 13.7. The summed E-state index contributed by atoms with van der Waals surface area (Å²) >= 11 is 6.12. The van der Waals surface area contributed by atoms with E-state index in [9.17, 15) is 0 Å². The average Bonchev–Trinajstić information content (AvgIpc) is 3.10. The van der Waals surface area contributed by atoms with Gasteiger partial charge in [0.25, 0.3) is 0 Å². The SMILES string of the molecule is N#Cc1ccc(NC2CC3CC2C2CCCC32)cc1Cl. The first kappa shape index (κ1) is 12.5. The summed E-state index contributed by atoms with van der Waals surface area (Å²) in [6.45, 7) is 0. The number of hydrogen-bond acceptors (Lipinski definition) is 2. The summed E-state index contributed by atoms with van der Waals surface area (Å²) in [5, 5.41) is 13.2. The van der Waals surface area contributed by atoms with Crippen LogP contribution in [0.25, 0.3) is 0 Å². The molecule has 5 unspecified atom stereocenters. The summed E-state index contributed by atoms with van der Waals surface area (Å²) in [6.07, 6.45) is 7.11. The van der Waals surface area contributed by atoms with Crippen LogP contribution in [0, 0.1) is 35.0 Å². The molecule has 0 radical (unpaired) electrons. The van der Waals surface area contributed by atoms with E-state index in [-0.39, 0.29) is 0 Å². The van der Waals surface area contributed by atoms with Crippen molar-refractivity contribution in [3.8, 4) is 6.07 Å². The maximum atomic E-state index is 8.93. The molecule has 0 spiro atoms. The summed E-state index contributed by atoms with van der Waals surface area (Å²) in [5.74, 6) is 3.82. The topological polar surface area (TPSA) is 35.8 Å². The minimum Gasteiger partial charge on any atom is -0.382 e. The van der Waals surface area contributed by atoms with Crippen LogP contribution < -0.4 is 5.32 Å². The Labute approximate surface area is 125 Å². The first-order valence-electron chi connectivity index (χ1n) is 7.72. The number of hydrogen-bond donors (Lipinski definition) is 1. The van der Waals surface area contributed by atoms with Crippen LogP contribution in [0.5, 0.6) is 0 Å². The van der Waals surface area contributed by atoms with Gasteiger partial charge < -0.3 is 5.32 Å². The average molecular weight is 287 g/mol. The molecular formula is C17H19ClN2. The lowest BCUT2D eigenvalue weighted by atomic mass is 9.79. The zero-order valence-corrected chi connectivity index (χ0v) is 12.2. The standard InChI is InChI=1S/C17H19ClN2/c18-16-8-12(5-4-10(16)9-19)20-17-7-11-6-15(17)14-3-1-2-13(11)14/h4-5,8,11,13-15,17,20H,1-3,6-7H2. The fourth-order valence-electron chi connectivity index (χ4n) is 5.14. The Morgan fingerprint density at radius 3 is 2.80 bits per heavy atom. The Morgan fingerprint density at radius 2 is 2.00 bits per heavy atom. The summed E-state index contributed by atoms with van der Waals surface area (Å²) in [6, 6.07) is 8.43. The van der Waals surface area contributed by atoms with Crippen LogP contribution in [0.3, 0.4) is 0 Å². The molecule has 0 aromatic heterocycles. The molecule has 20 heavy (non-hydrogen) atoms. The largest absolute Gasteiger partial charge is 0.382 e. The van der Waals surface area contributed by atoms with E-state index in [4.69, 9.17) is 16.9 Å². The lowest BCUT2D eigenvalue weighted by Crippen LogP contribution is -2.33. The van der Waals surface area contributed by atoms with Crippen LogP contribution in [0.4, 0.5) is 5.69 Å². The fraction of sp³-hybridized carbons (Fsp3) is 0.588. The van der Waals surface area contributed by atoms with E-state index in [0.717, 1.165) is 29.4 Å². The number of nitrogens with one attached hydrogen (secondary N) is 1. The van der Waals surface area contributed by atoms with Crippen LogP contribution in [0.15, 0.2) is 18.2 Å². The van der Waals surface area contributed by atoms with Crippen molar-refractivity contribution in [2.75, 3.05) is 5.32 Å². The molecule has 3 fully saturated rings. The monoisotopic (exact) mass is 286 g/mol. The van der Waals surface area contributed by atoms with Crippen LogP contribution in [-0.4, -0.2) is 6.04 Å². The normalized spacial score (nSPS) is 37.7. The van der Waals surface area contributed by atoms with Gasteiger partial charge in [-0.1, -0.05) is 18.0 Å². The van der Waals surface area contributed by atoms with E-state index < -0.39 is 0 Å². The molecule has 3 heteroatoms. The van der Waals surface area contributed by atoms with Gasteiger partial charge in [-0.05, 0) is 67.6 Å². The third-order valence-corrected chi connectivity index (χ3v) is 6.18. The van der Waals surface area contributed by atoms with Crippen molar-refractivity contribution in [2.45, 2.75) is 38.1 Å². The third-order valence-electron chi connectivity index (χ3n) is 5.87. The Balaban J connectivity index is 1.51. The molecule has 1 aromatic rings. The Kier molecular flexibility index (Phi) is 2.93. The van der Waals surface area contributed by atoms with Gasteiger partial charge in [0.1, 0.15) is 6.07 Å². The molecule has 0 amide bonds. The van der Waals surface area contributed by atoms with E-state index in [1.54, 1.807) is 0 Å². The number of fused-ring (bicyclic) bond motifs is 5. The molecule has 0 saturated heterocycles. The second kappa shape index (κ2) is 4.67. The first-order valence-corrected chi connectivity index (χ1v) is 8.10. The van der Waals surface area contributed by atoms with E-state index in [1.165, 1.54) is 32.1 Å². The van der Waals surface area contributed by atoms with Crippen molar-refractivity contribution in [1.29, 1.82) is 5.26 Å². The Hall–Kier alpha value is -1.20. The second-order valence-electron chi connectivity index (χ2n) is 6.71. The lowest BCUT2D eigenvalue weighted by molar-refractivity contribution is 0.243. The predicted molar refractivity (Wildman–Crippen MR) is 80.6 cm³/mol. The fourth-order valence-corrected chi connectivity index (χ4v) is 5.37. The van der Waals surface area contributed by atoms with E-state index in [2.05, 4.69) is 11.4 Å². The van der Waals surface area contributed by atoms with E-state index in [0.29, 0.717) is 16.6 Å². The maximum Gasteiger partial charge on any atom is 0.101 e. The number of halogens is 1. The molecule has 0 aliphatic heterocycles. The van der Waals surface area contributed by atoms with Crippen molar-refractivity contribution >= 4 is 17.3 Å². The van der Waals surface area contributed by atoms with Gasteiger partial charge in [0.2, 0.25) is 0 Å². The highest BCUT2D eigenvalue weighted by molar-refractivity contribution is 6.32. The molecule has 2 nitrogen and oxygen atoms in total. The van der Waals surface area contributed by atoms with E-state index in [1.807, 2.05) is 18.2 Å². The summed E-state index contributed by atoms with van der Waals surface area (Å²) in [5.41, 5.74) is 1.63. The maximum absolute atomic E-state index is 8.93. The highest BCUT2D eigenvalue weighted by Gasteiger charge is 2.53. The Morgan fingerprint density at radius 1 is 1.15 bits per heavy atom. The molecule has 4 rings (SSSR count). The van der Waals surface area contributed by atoms with Crippen LogP contribution in [0.2, 0.25) is 5.02 Å². The summed E-state index contributed by atoms with van der Waals surface area (Å²) in [4.78, 5) is 0. The van der Waals surface area contributed by atoms with Crippen LogP contribution >= 0.6 is 11.6 Å². The minimum absolute atomic E-state index is 0.555. The molecular weight excluding hydrogens is 268 g/mol. The number of nitrogens with zero attached hydrogens (tertiary/aromatic N) is 1. The van der Waals surface area contributed by atoms with Gasteiger partial charge in [-0.15, -0.1) is 0 Å².